The molecule has 3 rings (SSSR count). The molecule has 1 aliphatic rings. The van der Waals surface area contributed by atoms with Gasteiger partial charge in [-0.3, -0.25) is 9.69 Å². The zero-order chi connectivity index (χ0) is 19.6. The number of rotatable bonds is 4. The first kappa shape index (κ1) is 18.5. The predicted octanol–water partition coefficient (Wildman–Crippen LogP) is 3.88. The number of aryl methyl sites for hydroxylation is 1. The lowest BCUT2D eigenvalue weighted by Crippen LogP contribution is -2.24. The van der Waals surface area contributed by atoms with Gasteiger partial charge in [-0.2, -0.15) is 0 Å². The second kappa shape index (κ2) is 7.50. The summed E-state index contributed by atoms with van der Waals surface area (Å²) in [4.78, 5) is 27.1. The molecule has 5 nitrogen and oxygen atoms in total. The molecule has 0 fully saturated rings. The van der Waals surface area contributed by atoms with E-state index in [-0.39, 0.29) is 11.5 Å². The zero-order valence-electron chi connectivity index (χ0n) is 15.8. The summed E-state index contributed by atoms with van der Waals surface area (Å²) in [5, 5.41) is 0. The summed E-state index contributed by atoms with van der Waals surface area (Å²) in [6.45, 7) is 3.73. The van der Waals surface area contributed by atoms with Crippen molar-refractivity contribution in [2.24, 2.45) is 0 Å². The molecule has 0 spiro atoms. The van der Waals surface area contributed by atoms with Crippen LogP contribution < -0.4 is 9.64 Å². The van der Waals surface area contributed by atoms with Gasteiger partial charge in [-0.05, 0) is 37.6 Å². The fourth-order valence-corrected chi connectivity index (χ4v) is 3.07. The lowest BCUT2D eigenvalue weighted by Gasteiger charge is -2.18. The van der Waals surface area contributed by atoms with E-state index in [1.54, 1.807) is 44.4 Å². The van der Waals surface area contributed by atoms with Crippen molar-refractivity contribution in [3.8, 4) is 5.75 Å². The number of esters is 1. The van der Waals surface area contributed by atoms with Crippen molar-refractivity contribution in [1.82, 2.24) is 0 Å². The summed E-state index contributed by atoms with van der Waals surface area (Å²) >= 11 is 0. The molecular formula is C22H21NO4. The minimum Gasteiger partial charge on any atom is -0.497 e. The summed E-state index contributed by atoms with van der Waals surface area (Å²) in [6, 6.07) is 14.9. The van der Waals surface area contributed by atoms with Gasteiger partial charge >= 0.3 is 5.97 Å². The van der Waals surface area contributed by atoms with Crippen LogP contribution in [0.15, 0.2) is 65.4 Å². The van der Waals surface area contributed by atoms with Crippen molar-refractivity contribution in [3.05, 3.63) is 76.5 Å². The van der Waals surface area contributed by atoms with E-state index in [1.165, 1.54) is 12.0 Å². The number of allylic oxidation sites excluding steroid dienone is 1. The van der Waals surface area contributed by atoms with Crippen LogP contribution in [0.1, 0.15) is 18.1 Å². The van der Waals surface area contributed by atoms with Crippen molar-refractivity contribution in [2.75, 3.05) is 19.1 Å². The highest BCUT2D eigenvalue weighted by molar-refractivity contribution is 6.23. The van der Waals surface area contributed by atoms with Crippen LogP contribution in [0.4, 0.5) is 5.69 Å². The Hall–Kier alpha value is -3.34. The molecular weight excluding hydrogens is 342 g/mol. The number of carbonyl (C=O) groups excluding carboxylic acids is 2. The van der Waals surface area contributed by atoms with Crippen LogP contribution in [0.5, 0.6) is 5.75 Å². The van der Waals surface area contributed by atoms with Crippen molar-refractivity contribution in [2.45, 2.75) is 13.8 Å². The van der Waals surface area contributed by atoms with Gasteiger partial charge in [0.1, 0.15) is 5.75 Å². The van der Waals surface area contributed by atoms with Crippen LogP contribution in [0, 0.1) is 6.92 Å². The molecule has 0 saturated heterocycles. The standard InChI is InChI=1S/C22H21NO4/c1-14-8-10-16(11-9-14)12-19-20(22(25)27-4)15(2)23(21(19)24)17-6-5-7-18(13-17)26-3/h5-13H,1-4H3/b19-12-. The average molecular weight is 363 g/mol. The van der Waals surface area contributed by atoms with E-state index in [2.05, 4.69) is 0 Å². The smallest absolute Gasteiger partial charge is 0.340 e. The fraction of sp³-hybridized carbons (Fsp3) is 0.182. The van der Waals surface area contributed by atoms with Crippen molar-refractivity contribution < 1.29 is 19.1 Å². The molecule has 0 atom stereocenters. The normalized spacial score (nSPS) is 15.5. The van der Waals surface area contributed by atoms with Crippen molar-refractivity contribution >= 4 is 23.6 Å². The molecule has 5 heteroatoms. The first-order valence-electron chi connectivity index (χ1n) is 8.52. The monoisotopic (exact) mass is 363 g/mol. The summed E-state index contributed by atoms with van der Waals surface area (Å²) in [5.41, 5.74) is 3.69. The molecule has 1 aliphatic heterocycles. The maximum atomic E-state index is 13.2. The van der Waals surface area contributed by atoms with Crippen LogP contribution in [-0.2, 0) is 14.3 Å². The lowest BCUT2D eigenvalue weighted by molar-refractivity contribution is -0.136. The van der Waals surface area contributed by atoms with E-state index in [0.717, 1.165) is 11.1 Å². The van der Waals surface area contributed by atoms with Crippen LogP contribution >= 0.6 is 0 Å². The molecule has 27 heavy (non-hydrogen) atoms. The van der Waals surface area contributed by atoms with Gasteiger partial charge in [0.25, 0.3) is 5.91 Å². The number of amides is 1. The SMILES string of the molecule is COC(=O)C1=C(C)N(c2cccc(OC)c2)C(=O)/C1=C\c1ccc(C)cc1. The second-order valence-electron chi connectivity index (χ2n) is 6.26. The second-order valence-corrected chi connectivity index (χ2v) is 6.26. The zero-order valence-corrected chi connectivity index (χ0v) is 15.8. The third-order valence-corrected chi connectivity index (χ3v) is 4.49. The van der Waals surface area contributed by atoms with Crippen LogP contribution in [0.25, 0.3) is 6.08 Å². The van der Waals surface area contributed by atoms with Gasteiger partial charge in [0.15, 0.2) is 0 Å². The first-order chi connectivity index (χ1) is 13.0. The van der Waals surface area contributed by atoms with Gasteiger partial charge in [0.05, 0.1) is 31.1 Å². The Morgan fingerprint density at radius 2 is 1.74 bits per heavy atom. The number of methoxy groups -OCH3 is 2. The largest absolute Gasteiger partial charge is 0.497 e. The number of carbonyl (C=O) groups is 2. The maximum absolute atomic E-state index is 13.2. The molecule has 138 valence electrons. The summed E-state index contributed by atoms with van der Waals surface area (Å²) in [7, 11) is 2.88. The third-order valence-electron chi connectivity index (χ3n) is 4.49. The Morgan fingerprint density at radius 1 is 1.04 bits per heavy atom. The summed E-state index contributed by atoms with van der Waals surface area (Å²) in [6.07, 6.45) is 1.72. The molecule has 0 N–H and O–H groups in total. The summed E-state index contributed by atoms with van der Waals surface area (Å²) < 4.78 is 10.2. The number of anilines is 1. The minimum absolute atomic E-state index is 0.269. The number of ether oxygens (including phenoxy) is 2. The number of hydrogen-bond donors (Lipinski definition) is 0. The molecule has 0 aromatic heterocycles. The number of nitrogens with zero attached hydrogens (tertiary/aromatic N) is 1. The van der Waals surface area contributed by atoms with Gasteiger partial charge in [-0.1, -0.05) is 35.9 Å². The van der Waals surface area contributed by atoms with E-state index in [0.29, 0.717) is 22.7 Å². The quantitative estimate of drug-likeness (QED) is 0.611. The maximum Gasteiger partial charge on any atom is 0.340 e. The molecule has 0 radical (unpaired) electrons. The fourth-order valence-electron chi connectivity index (χ4n) is 3.07. The molecule has 1 amide bonds. The highest BCUT2D eigenvalue weighted by Gasteiger charge is 2.37. The molecule has 0 aliphatic carbocycles. The molecule has 2 aromatic rings. The highest BCUT2D eigenvalue weighted by atomic mass is 16.5. The Labute approximate surface area is 158 Å². The van der Waals surface area contributed by atoms with Crippen molar-refractivity contribution in [1.29, 1.82) is 0 Å². The van der Waals surface area contributed by atoms with E-state index in [9.17, 15) is 9.59 Å². The van der Waals surface area contributed by atoms with E-state index >= 15 is 0 Å². The van der Waals surface area contributed by atoms with Crippen LogP contribution in [0.2, 0.25) is 0 Å². The highest BCUT2D eigenvalue weighted by Crippen LogP contribution is 2.36. The molecule has 2 aromatic carbocycles. The molecule has 0 saturated carbocycles. The van der Waals surface area contributed by atoms with Gasteiger partial charge in [0, 0.05) is 11.8 Å². The third kappa shape index (κ3) is 3.49. The van der Waals surface area contributed by atoms with Crippen LogP contribution in [0.3, 0.4) is 0 Å². The lowest BCUT2D eigenvalue weighted by atomic mass is 10.0. The molecule has 0 unspecified atom stereocenters. The van der Waals surface area contributed by atoms with Gasteiger partial charge in [-0.25, -0.2) is 4.79 Å². The number of benzene rings is 2. The van der Waals surface area contributed by atoms with E-state index in [1.807, 2.05) is 31.2 Å². The number of hydrogen-bond acceptors (Lipinski definition) is 4. The Bertz CT molecular complexity index is 955. The van der Waals surface area contributed by atoms with Gasteiger partial charge < -0.3 is 9.47 Å². The topological polar surface area (TPSA) is 55.8 Å². The minimum atomic E-state index is -0.537. The van der Waals surface area contributed by atoms with Gasteiger partial charge in [-0.15, -0.1) is 0 Å². The Kier molecular flexibility index (Phi) is 5.12. The van der Waals surface area contributed by atoms with Gasteiger partial charge in [0.2, 0.25) is 0 Å². The van der Waals surface area contributed by atoms with Crippen molar-refractivity contribution in [3.63, 3.8) is 0 Å². The summed E-state index contributed by atoms with van der Waals surface area (Å²) in [5.74, 6) is -0.185. The Balaban J connectivity index is 2.12. The average Bonchev–Trinajstić information content (AvgIpc) is 2.92. The molecule has 1 heterocycles. The van der Waals surface area contributed by atoms with E-state index in [4.69, 9.17) is 9.47 Å². The first-order valence-corrected chi connectivity index (χ1v) is 8.52. The molecule has 0 bridgehead atoms. The Morgan fingerprint density at radius 3 is 2.37 bits per heavy atom. The predicted molar refractivity (Wildman–Crippen MR) is 104 cm³/mol. The van der Waals surface area contributed by atoms with Crippen LogP contribution in [-0.4, -0.2) is 26.1 Å². The van der Waals surface area contributed by atoms with E-state index < -0.39 is 5.97 Å².